The number of carbonyl (C=O) groups is 2. The van der Waals surface area contributed by atoms with Gasteiger partial charge in [-0.05, 0) is 24.3 Å². The molecule has 2 heterocycles. The zero-order valence-corrected chi connectivity index (χ0v) is 15.3. The first-order valence-electron chi connectivity index (χ1n) is 8.87. The molecule has 8 heteroatoms. The van der Waals surface area contributed by atoms with Crippen LogP contribution in [0.1, 0.15) is 16.9 Å². The fourth-order valence-electron chi connectivity index (χ4n) is 3.22. The highest BCUT2D eigenvalue weighted by molar-refractivity contribution is 5.99. The Balaban J connectivity index is 1.45. The van der Waals surface area contributed by atoms with Gasteiger partial charge in [0.25, 0.3) is 5.91 Å². The number of nitrogens with zero attached hydrogens (tertiary/aromatic N) is 4. The van der Waals surface area contributed by atoms with Gasteiger partial charge in [-0.2, -0.15) is 0 Å². The van der Waals surface area contributed by atoms with Gasteiger partial charge in [0.1, 0.15) is 5.75 Å². The van der Waals surface area contributed by atoms with Crippen molar-refractivity contribution in [3.8, 4) is 11.4 Å². The highest BCUT2D eigenvalue weighted by Crippen LogP contribution is 2.31. The van der Waals surface area contributed by atoms with Crippen molar-refractivity contribution in [1.82, 2.24) is 20.3 Å². The number of amides is 2. The van der Waals surface area contributed by atoms with Gasteiger partial charge in [0, 0.05) is 13.0 Å². The summed E-state index contributed by atoms with van der Waals surface area (Å²) in [4.78, 5) is 26.6. The first kappa shape index (κ1) is 17.7. The summed E-state index contributed by atoms with van der Waals surface area (Å²) in [6.45, 7) is 0.373. The third-order valence-corrected chi connectivity index (χ3v) is 4.58. The van der Waals surface area contributed by atoms with Crippen LogP contribution in [0.3, 0.4) is 0 Å². The number of benzene rings is 2. The maximum atomic E-state index is 12.5. The van der Waals surface area contributed by atoms with E-state index in [0.717, 1.165) is 5.69 Å². The standard InChI is InChI=1S/C20H19N5O3/c1-28-18-10-6-5-9-17(18)24-12-14(11-19(24)26)21-20(27)16-13-25(23-22-16)15-7-3-2-4-8-15/h2-10,13-14H,11-12H2,1H3,(H,21,27). The fraction of sp³-hybridized carbons (Fsp3) is 0.200. The van der Waals surface area contributed by atoms with Crippen LogP contribution < -0.4 is 15.0 Å². The van der Waals surface area contributed by atoms with Crippen LogP contribution >= 0.6 is 0 Å². The zero-order valence-electron chi connectivity index (χ0n) is 15.3. The zero-order chi connectivity index (χ0) is 19.5. The quantitative estimate of drug-likeness (QED) is 0.733. The van der Waals surface area contributed by atoms with Crippen LogP contribution in [0, 0.1) is 0 Å². The summed E-state index contributed by atoms with van der Waals surface area (Å²) >= 11 is 0. The molecule has 1 aliphatic heterocycles. The summed E-state index contributed by atoms with van der Waals surface area (Å²) in [6.07, 6.45) is 1.79. The number of hydrogen-bond acceptors (Lipinski definition) is 5. The molecule has 0 aliphatic carbocycles. The van der Waals surface area contributed by atoms with Gasteiger partial charge in [-0.15, -0.1) is 5.10 Å². The Labute approximate surface area is 161 Å². The van der Waals surface area contributed by atoms with E-state index < -0.39 is 0 Å². The third kappa shape index (κ3) is 3.44. The Bertz CT molecular complexity index is 1000. The average Bonchev–Trinajstić information content (AvgIpc) is 3.36. The lowest BCUT2D eigenvalue weighted by molar-refractivity contribution is -0.117. The molecule has 1 aromatic heterocycles. The number of carbonyl (C=O) groups excluding carboxylic acids is 2. The minimum atomic E-state index is -0.359. The van der Waals surface area contributed by atoms with Crippen molar-refractivity contribution in [3.05, 3.63) is 66.5 Å². The number of methoxy groups -OCH3 is 1. The summed E-state index contributed by atoms with van der Waals surface area (Å²) < 4.78 is 6.87. The lowest BCUT2D eigenvalue weighted by Gasteiger charge is -2.19. The van der Waals surface area contributed by atoms with Crippen LogP contribution in [0.5, 0.6) is 5.75 Å². The van der Waals surface area contributed by atoms with Crippen LogP contribution in [0.25, 0.3) is 5.69 Å². The molecule has 0 saturated carbocycles. The normalized spacial score (nSPS) is 16.2. The number of para-hydroxylation sites is 3. The molecule has 8 nitrogen and oxygen atoms in total. The minimum Gasteiger partial charge on any atom is -0.495 e. The summed E-state index contributed by atoms with van der Waals surface area (Å²) in [5.74, 6) is 0.193. The van der Waals surface area contributed by atoms with Crippen LogP contribution in [0.4, 0.5) is 5.69 Å². The SMILES string of the molecule is COc1ccccc1N1CC(NC(=O)c2cn(-c3ccccc3)nn2)CC1=O. The van der Waals surface area contributed by atoms with Crippen molar-refractivity contribution in [2.45, 2.75) is 12.5 Å². The largest absolute Gasteiger partial charge is 0.495 e. The Morgan fingerprint density at radius 3 is 2.68 bits per heavy atom. The fourth-order valence-corrected chi connectivity index (χ4v) is 3.22. The molecule has 142 valence electrons. The topological polar surface area (TPSA) is 89.3 Å². The molecule has 1 fully saturated rings. The second-order valence-electron chi connectivity index (χ2n) is 6.43. The van der Waals surface area contributed by atoms with E-state index in [1.165, 1.54) is 4.68 Å². The van der Waals surface area contributed by atoms with Crippen LogP contribution in [0.15, 0.2) is 60.8 Å². The molecule has 1 saturated heterocycles. The van der Waals surface area contributed by atoms with E-state index in [2.05, 4.69) is 15.6 Å². The van der Waals surface area contributed by atoms with E-state index in [0.29, 0.717) is 18.0 Å². The van der Waals surface area contributed by atoms with Crippen LogP contribution in [0.2, 0.25) is 0 Å². The van der Waals surface area contributed by atoms with Gasteiger partial charge >= 0.3 is 0 Å². The summed E-state index contributed by atoms with van der Waals surface area (Å²) in [6, 6.07) is 16.4. The second-order valence-corrected chi connectivity index (χ2v) is 6.43. The van der Waals surface area contributed by atoms with Crippen molar-refractivity contribution in [3.63, 3.8) is 0 Å². The molecule has 3 aromatic rings. The molecule has 28 heavy (non-hydrogen) atoms. The number of anilines is 1. The van der Waals surface area contributed by atoms with E-state index in [9.17, 15) is 9.59 Å². The first-order chi connectivity index (χ1) is 13.7. The summed E-state index contributed by atoms with van der Waals surface area (Å²) in [7, 11) is 1.56. The Hall–Kier alpha value is -3.68. The molecule has 0 spiro atoms. The molecule has 0 bridgehead atoms. The molecule has 2 aromatic carbocycles. The molecule has 1 aliphatic rings. The van der Waals surface area contributed by atoms with E-state index in [1.54, 1.807) is 24.3 Å². The highest BCUT2D eigenvalue weighted by Gasteiger charge is 2.33. The van der Waals surface area contributed by atoms with E-state index in [1.807, 2.05) is 48.5 Å². The number of ether oxygens (including phenoxy) is 1. The predicted molar refractivity (Wildman–Crippen MR) is 103 cm³/mol. The Kier molecular flexibility index (Phi) is 4.76. The predicted octanol–water partition coefficient (Wildman–Crippen LogP) is 1.81. The average molecular weight is 377 g/mol. The van der Waals surface area contributed by atoms with Gasteiger partial charge in [0.05, 0.1) is 30.7 Å². The van der Waals surface area contributed by atoms with Crippen molar-refractivity contribution in [1.29, 1.82) is 0 Å². The van der Waals surface area contributed by atoms with Gasteiger partial charge in [0.15, 0.2) is 5.69 Å². The molecule has 1 atom stereocenters. The Morgan fingerprint density at radius 2 is 1.89 bits per heavy atom. The lowest BCUT2D eigenvalue weighted by Crippen LogP contribution is -2.37. The van der Waals surface area contributed by atoms with Gasteiger partial charge in [-0.25, -0.2) is 4.68 Å². The Morgan fingerprint density at radius 1 is 1.14 bits per heavy atom. The minimum absolute atomic E-state index is 0.0669. The molecular weight excluding hydrogens is 358 g/mol. The van der Waals surface area contributed by atoms with Gasteiger partial charge in [0.2, 0.25) is 5.91 Å². The number of aromatic nitrogens is 3. The summed E-state index contributed by atoms with van der Waals surface area (Å²) in [5, 5.41) is 10.8. The summed E-state index contributed by atoms with van der Waals surface area (Å²) in [5.41, 5.74) is 1.71. The second kappa shape index (κ2) is 7.51. The first-order valence-corrected chi connectivity index (χ1v) is 8.87. The molecule has 0 radical (unpaired) electrons. The highest BCUT2D eigenvalue weighted by atomic mass is 16.5. The van der Waals surface area contributed by atoms with E-state index >= 15 is 0 Å². The lowest BCUT2D eigenvalue weighted by atomic mass is 10.2. The molecule has 1 N–H and O–H groups in total. The molecule has 2 amide bonds. The van der Waals surface area contributed by atoms with Gasteiger partial charge in [-0.1, -0.05) is 35.5 Å². The van der Waals surface area contributed by atoms with Gasteiger partial charge in [-0.3, -0.25) is 9.59 Å². The van der Waals surface area contributed by atoms with Gasteiger partial charge < -0.3 is 15.0 Å². The number of hydrogen-bond donors (Lipinski definition) is 1. The number of nitrogens with one attached hydrogen (secondary N) is 1. The van der Waals surface area contributed by atoms with E-state index in [-0.39, 0.29) is 30.0 Å². The third-order valence-electron chi connectivity index (χ3n) is 4.58. The van der Waals surface area contributed by atoms with Crippen LogP contribution in [-0.4, -0.2) is 46.5 Å². The van der Waals surface area contributed by atoms with E-state index in [4.69, 9.17) is 4.74 Å². The van der Waals surface area contributed by atoms with Crippen molar-refractivity contribution >= 4 is 17.5 Å². The van der Waals surface area contributed by atoms with Crippen molar-refractivity contribution < 1.29 is 14.3 Å². The maximum Gasteiger partial charge on any atom is 0.273 e. The molecular formula is C20H19N5O3. The maximum absolute atomic E-state index is 12.5. The smallest absolute Gasteiger partial charge is 0.273 e. The number of rotatable bonds is 5. The molecule has 4 rings (SSSR count). The van der Waals surface area contributed by atoms with Crippen molar-refractivity contribution in [2.75, 3.05) is 18.6 Å². The van der Waals surface area contributed by atoms with Crippen LogP contribution in [-0.2, 0) is 4.79 Å². The monoisotopic (exact) mass is 377 g/mol. The molecule has 1 unspecified atom stereocenters. The van der Waals surface area contributed by atoms with Crippen molar-refractivity contribution in [2.24, 2.45) is 0 Å².